The van der Waals surface area contributed by atoms with E-state index in [-0.39, 0.29) is 27.1 Å². The topological polar surface area (TPSA) is 104 Å². The highest BCUT2D eigenvalue weighted by molar-refractivity contribution is 7.90. The highest BCUT2D eigenvalue weighted by atomic mass is 35.5. The summed E-state index contributed by atoms with van der Waals surface area (Å²) >= 11 is 5.69. The molecule has 0 unspecified atom stereocenters. The van der Waals surface area contributed by atoms with Gasteiger partial charge in [-0.05, 0) is 24.3 Å². The van der Waals surface area contributed by atoms with Gasteiger partial charge in [-0.25, -0.2) is 18.1 Å². The minimum absolute atomic E-state index is 0.0148. The van der Waals surface area contributed by atoms with Crippen LogP contribution in [0.15, 0.2) is 35.4 Å². The van der Waals surface area contributed by atoms with E-state index in [0.717, 1.165) is 6.07 Å². The molecule has 1 aromatic heterocycles. The van der Waals surface area contributed by atoms with Crippen LogP contribution in [0.25, 0.3) is 0 Å². The number of ether oxygens (including phenoxy) is 3. The van der Waals surface area contributed by atoms with Crippen LogP contribution < -0.4 is 18.9 Å². The van der Waals surface area contributed by atoms with Crippen LogP contribution in [0.4, 0.5) is 0 Å². The summed E-state index contributed by atoms with van der Waals surface area (Å²) in [6.07, 6.45) is 1.22. The van der Waals surface area contributed by atoms with Gasteiger partial charge in [0.25, 0.3) is 15.9 Å². The zero-order chi connectivity index (χ0) is 18.6. The summed E-state index contributed by atoms with van der Waals surface area (Å²) in [7, 11) is -0.0193. The first kappa shape index (κ1) is 18.8. The van der Waals surface area contributed by atoms with E-state index in [1.54, 1.807) is 0 Å². The zero-order valence-corrected chi connectivity index (χ0v) is 15.1. The number of carbonyl (C=O) groups excluding carboxylic acids is 1. The van der Waals surface area contributed by atoms with E-state index >= 15 is 0 Å². The lowest BCUT2D eigenvalue weighted by Gasteiger charge is -2.15. The number of sulfonamides is 1. The zero-order valence-electron chi connectivity index (χ0n) is 13.6. The van der Waals surface area contributed by atoms with Crippen molar-refractivity contribution in [3.63, 3.8) is 0 Å². The lowest BCUT2D eigenvalue weighted by molar-refractivity contribution is 0.0977. The normalized spacial score (nSPS) is 10.9. The van der Waals surface area contributed by atoms with Crippen molar-refractivity contribution in [3.8, 4) is 17.2 Å². The number of aromatic nitrogens is 1. The quantitative estimate of drug-likeness (QED) is 0.756. The third-order valence-corrected chi connectivity index (χ3v) is 4.72. The Morgan fingerprint density at radius 1 is 1.08 bits per heavy atom. The van der Waals surface area contributed by atoms with Gasteiger partial charge in [0.15, 0.2) is 11.5 Å². The van der Waals surface area contributed by atoms with Gasteiger partial charge in [-0.3, -0.25) is 4.79 Å². The highest BCUT2D eigenvalue weighted by Crippen LogP contribution is 2.39. The van der Waals surface area contributed by atoms with Crippen molar-refractivity contribution in [1.29, 1.82) is 0 Å². The summed E-state index contributed by atoms with van der Waals surface area (Å²) in [5.41, 5.74) is -0.0381. The van der Waals surface area contributed by atoms with Gasteiger partial charge in [0, 0.05) is 6.20 Å². The Labute approximate surface area is 149 Å². The number of rotatable bonds is 6. The number of benzene rings is 1. The number of hydrogen-bond donors (Lipinski definition) is 1. The predicted octanol–water partition coefficient (Wildman–Crippen LogP) is 1.88. The summed E-state index contributed by atoms with van der Waals surface area (Å²) in [5, 5.41) is -0.0148. The number of nitrogens with zero attached hydrogens (tertiary/aromatic N) is 1. The predicted molar refractivity (Wildman–Crippen MR) is 90.0 cm³/mol. The second-order valence-electron chi connectivity index (χ2n) is 4.63. The summed E-state index contributed by atoms with van der Waals surface area (Å²) < 4.78 is 42.1. The van der Waals surface area contributed by atoms with Gasteiger partial charge in [0.05, 0.1) is 31.8 Å². The monoisotopic (exact) mass is 386 g/mol. The molecule has 0 aliphatic carbocycles. The first-order valence-corrected chi connectivity index (χ1v) is 8.67. The molecule has 0 saturated carbocycles. The molecule has 0 atom stereocenters. The van der Waals surface area contributed by atoms with Crippen molar-refractivity contribution in [2.45, 2.75) is 4.90 Å². The van der Waals surface area contributed by atoms with Crippen molar-refractivity contribution in [3.05, 3.63) is 41.2 Å². The molecule has 8 nitrogen and oxygen atoms in total. The summed E-state index contributed by atoms with van der Waals surface area (Å²) in [5.74, 6) is -0.352. The largest absolute Gasteiger partial charge is 0.493 e. The molecule has 10 heteroatoms. The third-order valence-electron chi connectivity index (χ3n) is 3.18. The van der Waals surface area contributed by atoms with Gasteiger partial charge in [-0.1, -0.05) is 11.6 Å². The van der Waals surface area contributed by atoms with Crippen LogP contribution in [-0.4, -0.2) is 40.6 Å². The molecule has 0 saturated heterocycles. The third kappa shape index (κ3) is 3.94. The molecule has 0 aliphatic rings. The maximum Gasteiger partial charge on any atom is 0.268 e. The summed E-state index contributed by atoms with van der Waals surface area (Å²) in [6, 6.07) is 5.17. The molecule has 1 aromatic carbocycles. The highest BCUT2D eigenvalue weighted by Gasteiger charge is 2.25. The fourth-order valence-corrected chi connectivity index (χ4v) is 3.29. The molecule has 0 spiro atoms. The molecule has 0 radical (unpaired) electrons. The Bertz CT molecular complexity index is 901. The lowest BCUT2D eigenvalue weighted by Crippen LogP contribution is -2.31. The minimum atomic E-state index is -4.14. The maximum atomic E-state index is 12.5. The first-order valence-electron chi connectivity index (χ1n) is 6.81. The number of halogens is 1. The standard InChI is InChI=1S/C15H15ClN2O6S/c1-22-11-5-4-10(13(23-2)14(11)24-3)15(19)18-25(20,21)9-6-7-17-12(16)8-9/h4-8H,1-3H3,(H,18,19). The van der Waals surface area contributed by atoms with E-state index in [4.69, 9.17) is 25.8 Å². The fraction of sp³-hybridized carbons (Fsp3) is 0.200. The number of carbonyl (C=O) groups is 1. The molecule has 2 aromatic rings. The summed E-state index contributed by atoms with van der Waals surface area (Å²) in [4.78, 5) is 16.0. The van der Waals surface area contributed by atoms with Crippen LogP contribution in [0.2, 0.25) is 5.15 Å². The van der Waals surface area contributed by atoms with Gasteiger partial charge in [0.1, 0.15) is 5.15 Å². The van der Waals surface area contributed by atoms with Crippen LogP contribution in [0.1, 0.15) is 10.4 Å². The van der Waals surface area contributed by atoms with Crippen molar-refractivity contribution >= 4 is 27.5 Å². The van der Waals surface area contributed by atoms with Crippen molar-refractivity contribution in [2.24, 2.45) is 0 Å². The van der Waals surface area contributed by atoms with Crippen molar-refractivity contribution in [2.75, 3.05) is 21.3 Å². The van der Waals surface area contributed by atoms with Crippen LogP contribution in [0.5, 0.6) is 17.2 Å². The molecule has 0 bridgehead atoms. The molecule has 0 aliphatic heterocycles. The second-order valence-corrected chi connectivity index (χ2v) is 6.70. The molecular weight excluding hydrogens is 372 g/mol. The van der Waals surface area contributed by atoms with E-state index < -0.39 is 15.9 Å². The molecule has 1 heterocycles. The van der Waals surface area contributed by atoms with Gasteiger partial charge in [-0.2, -0.15) is 0 Å². The first-order chi connectivity index (χ1) is 11.8. The van der Waals surface area contributed by atoms with Gasteiger partial charge >= 0.3 is 0 Å². The Hall–Kier alpha value is -2.52. The Balaban J connectivity index is 2.41. The molecule has 1 N–H and O–H groups in total. The Morgan fingerprint density at radius 2 is 1.76 bits per heavy atom. The SMILES string of the molecule is COc1ccc(C(=O)NS(=O)(=O)c2ccnc(Cl)c2)c(OC)c1OC. The van der Waals surface area contributed by atoms with Crippen molar-refractivity contribution in [1.82, 2.24) is 9.71 Å². The van der Waals surface area contributed by atoms with E-state index in [9.17, 15) is 13.2 Å². The Kier molecular flexibility index (Phi) is 5.70. The number of nitrogens with one attached hydrogen (secondary N) is 1. The summed E-state index contributed by atoms with van der Waals surface area (Å²) in [6.45, 7) is 0. The molecule has 0 fully saturated rings. The van der Waals surface area contributed by atoms with Crippen LogP contribution in [-0.2, 0) is 10.0 Å². The molecule has 134 valence electrons. The van der Waals surface area contributed by atoms with Gasteiger partial charge < -0.3 is 14.2 Å². The van der Waals surface area contributed by atoms with Crippen LogP contribution in [0.3, 0.4) is 0 Å². The number of hydrogen-bond acceptors (Lipinski definition) is 7. The Morgan fingerprint density at radius 3 is 2.32 bits per heavy atom. The van der Waals surface area contributed by atoms with Crippen molar-refractivity contribution < 1.29 is 27.4 Å². The van der Waals surface area contributed by atoms with E-state index in [1.165, 1.54) is 45.7 Å². The average Bonchev–Trinajstić information content (AvgIpc) is 2.59. The number of methoxy groups -OCH3 is 3. The van der Waals surface area contributed by atoms with E-state index in [0.29, 0.717) is 5.75 Å². The fourth-order valence-electron chi connectivity index (χ4n) is 2.07. The molecular formula is C15H15ClN2O6S. The number of pyridine rings is 1. The van der Waals surface area contributed by atoms with E-state index in [1.807, 2.05) is 4.72 Å². The molecule has 1 amide bonds. The lowest BCUT2D eigenvalue weighted by atomic mass is 10.1. The molecule has 25 heavy (non-hydrogen) atoms. The van der Waals surface area contributed by atoms with Crippen LogP contribution in [0, 0.1) is 0 Å². The van der Waals surface area contributed by atoms with Gasteiger partial charge in [-0.15, -0.1) is 0 Å². The maximum absolute atomic E-state index is 12.5. The minimum Gasteiger partial charge on any atom is -0.493 e. The van der Waals surface area contributed by atoms with E-state index in [2.05, 4.69) is 4.98 Å². The van der Waals surface area contributed by atoms with Gasteiger partial charge in [0.2, 0.25) is 5.75 Å². The smallest absolute Gasteiger partial charge is 0.268 e. The molecule has 2 rings (SSSR count). The average molecular weight is 387 g/mol. The van der Waals surface area contributed by atoms with Crippen LogP contribution >= 0.6 is 11.6 Å². The second kappa shape index (κ2) is 7.58. The number of amides is 1.